The van der Waals surface area contributed by atoms with Crippen LogP contribution in [0.15, 0.2) is 0 Å². The van der Waals surface area contributed by atoms with E-state index < -0.39 is 18.1 Å². The fourth-order valence-corrected chi connectivity index (χ4v) is 0.427. The van der Waals surface area contributed by atoms with Gasteiger partial charge in [-0.2, -0.15) is 9.15 Å². The molecule has 0 aliphatic rings. The molecule has 0 saturated heterocycles. The molecule has 9 nitrogen and oxygen atoms in total. The van der Waals surface area contributed by atoms with Gasteiger partial charge in [-0.1, -0.05) is 5.04 Å². The highest BCUT2D eigenvalue weighted by atomic mass is 28.4. The average molecular weight is 206 g/mol. The van der Waals surface area contributed by atoms with Gasteiger partial charge in [-0.25, -0.2) is 0 Å². The average Bonchev–Trinajstić information content (AvgIpc) is 1.55. The van der Waals surface area contributed by atoms with E-state index in [1.165, 1.54) is 0 Å². The smallest absolute Gasteiger partial charge is 0.366 e. The molecule has 11 heteroatoms. The minimum Gasteiger partial charge on any atom is -0.366 e. The molecule has 0 radical (unpaired) electrons. The van der Waals surface area contributed by atoms with Crippen LogP contribution in [-0.2, 0) is 14.2 Å². The number of hydrogen-bond donors (Lipinski definition) is 6. The molecule has 0 spiro atoms. The highest BCUT2D eigenvalue weighted by molar-refractivity contribution is 6.49. The Morgan fingerprint density at radius 2 is 0.909 bits per heavy atom. The lowest BCUT2D eigenvalue weighted by Gasteiger charge is -2.09. The molecule has 6 N–H and O–H groups in total. The van der Waals surface area contributed by atoms with Crippen LogP contribution < -0.4 is 0 Å². The third-order valence-electron chi connectivity index (χ3n) is 0.292. The predicted octanol–water partition coefficient (Wildman–Crippen LogP) is -4.31. The Hall–Kier alpha value is 0.0738. The summed E-state index contributed by atoms with van der Waals surface area (Å²) in [6.45, 7) is 0. The van der Waals surface area contributed by atoms with Crippen LogP contribution in [0.1, 0.15) is 0 Å². The van der Waals surface area contributed by atoms with E-state index in [1.54, 1.807) is 0 Å². The van der Waals surface area contributed by atoms with Crippen LogP contribution >= 0.6 is 0 Å². The van der Waals surface area contributed by atoms with E-state index in [4.69, 9.17) is 28.8 Å². The van der Waals surface area contributed by atoms with Gasteiger partial charge in [-0.15, -0.1) is 0 Å². The third kappa shape index (κ3) is 10.1. The standard InChI is InChI=1S/H6O9Si2/c1-10(2,3)8-7-9-11(4,5)6/h1-6H. The molecule has 11 heavy (non-hydrogen) atoms. The molecular formula is H6O9Si2. The first kappa shape index (κ1) is 11.1. The second-order valence-electron chi connectivity index (χ2n) is 1.38. The van der Waals surface area contributed by atoms with Crippen molar-refractivity contribution in [3.8, 4) is 0 Å². The second-order valence-corrected chi connectivity index (χ2v) is 4.01. The van der Waals surface area contributed by atoms with Crippen molar-refractivity contribution in [2.45, 2.75) is 0 Å². The Labute approximate surface area is 62.1 Å². The van der Waals surface area contributed by atoms with Crippen LogP contribution in [0.4, 0.5) is 0 Å². The summed E-state index contributed by atoms with van der Waals surface area (Å²) >= 11 is 0. The van der Waals surface area contributed by atoms with Crippen molar-refractivity contribution < 1.29 is 43.0 Å². The third-order valence-corrected chi connectivity index (χ3v) is 0.875. The normalized spacial score (nSPS) is 13.6. The minimum atomic E-state index is -4.92. The molecule has 0 atom stereocenters. The van der Waals surface area contributed by atoms with Gasteiger partial charge in [0.1, 0.15) is 0 Å². The monoisotopic (exact) mass is 206 g/mol. The van der Waals surface area contributed by atoms with E-state index in [0.717, 1.165) is 0 Å². The van der Waals surface area contributed by atoms with E-state index in [0.29, 0.717) is 0 Å². The van der Waals surface area contributed by atoms with Crippen molar-refractivity contribution in [1.29, 1.82) is 0 Å². The molecule has 0 aromatic carbocycles. The maximum absolute atomic E-state index is 8.01. The second kappa shape index (κ2) is 3.65. The highest BCUT2D eigenvalue weighted by Gasteiger charge is 2.38. The van der Waals surface area contributed by atoms with Gasteiger partial charge in [-0.3, -0.25) is 0 Å². The summed E-state index contributed by atoms with van der Waals surface area (Å²) in [4.78, 5) is 48.0. The van der Waals surface area contributed by atoms with Crippen molar-refractivity contribution in [2.75, 3.05) is 0 Å². The Kier molecular flexibility index (Phi) is 3.67. The molecule has 0 unspecified atom stereocenters. The van der Waals surface area contributed by atoms with E-state index >= 15 is 0 Å². The lowest BCUT2D eigenvalue weighted by molar-refractivity contribution is -0.463. The molecule has 0 fully saturated rings. The van der Waals surface area contributed by atoms with Crippen LogP contribution in [0.25, 0.3) is 0 Å². The maximum Gasteiger partial charge on any atom is 0.701 e. The summed E-state index contributed by atoms with van der Waals surface area (Å²) in [5, 5.41) is 3.19. The molecule has 0 aromatic rings. The van der Waals surface area contributed by atoms with Crippen molar-refractivity contribution in [2.24, 2.45) is 0 Å². The lowest BCUT2D eigenvalue weighted by Crippen LogP contribution is -2.43. The van der Waals surface area contributed by atoms with Gasteiger partial charge >= 0.3 is 18.1 Å². The highest BCUT2D eigenvalue weighted by Crippen LogP contribution is 1.95. The number of hydrogen-bond acceptors (Lipinski definition) is 9. The largest absolute Gasteiger partial charge is 0.701 e. The zero-order valence-corrected chi connectivity index (χ0v) is 6.91. The zero-order valence-electron chi connectivity index (χ0n) is 4.91. The minimum absolute atomic E-state index is 3.19. The molecule has 0 aliphatic heterocycles. The fraction of sp³-hybridized carbons (Fsp3) is 0. The van der Waals surface area contributed by atoms with Crippen LogP contribution in [-0.4, -0.2) is 46.9 Å². The molecule has 68 valence electrons. The van der Waals surface area contributed by atoms with Crippen molar-refractivity contribution >= 4 is 18.1 Å². The summed E-state index contributed by atoms with van der Waals surface area (Å²) in [6, 6.07) is 0. The SMILES string of the molecule is O[Si](O)(O)OOO[Si](O)(O)O. The van der Waals surface area contributed by atoms with Gasteiger partial charge in [-0.05, 0) is 0 Å². The molecule has 0 rings (SSSR count). The summed E-state index contributed by atoms with van der Waals surface area (Å²) < 4.78 is 6.49. The topological polar surface area (TPSA) is 149 Å². The quantitative estimate of drug-likeness (QED) is 0.152. The fourth-order valence-electron chi connectivity index (χ4n) is 0.108. The summed E-state index contributed by atoms with van der Waals surface area (Å²) in [7, 11) is -9.83. The van der Waals surface area contributed by atoms with Crippen molar-refractivity contribution in [1.82, 2.24) is 0 Å². The first-order valence-electron chi connectivity index (χ1n) is 2.08. The molecule has 0 heterocycles. The molecule has 0 saturated carbocycles. The van der Waals surface area contributed by atoms with Crippen LogP contribution in [0.5, 0.6) is 0 Å². The zero-order chi connectivity index (χ0) is 9.12. The van der Waals surface area contributed by atoms with E-state index in [-0.39, 0.29) is 0 Å². The van der Waals surface area contributed by atoms with Crippen molar-refractivity contribution in [3.05, 3.63) is 0 Å². The molecule has 0 amide bonds. The van der Waals surface area contributed by atoms with Gasteiger partial charge in [0.2, 0.25) is 0 Å². The first-order valence-corrected chi connectivity index (χ1v) is 5.58. The van der Waals surface area contributed by atoms with Crippen LogP contribution in [0.3, 0.4) is 0 Å². The Balaban J connectivity index is 3.44. The Morgan fingerprint density at radius 1 is 0.636 bits per heavy atom. The van der Waals surface area contributed by atoms with E-state index in [9.17, 15) is 0 Å². The maximum atomic E-state index is 8.01. The molecule has 0 aliphatic carbocycles. The predicted molar refractivity (Wildman–Crippen MR) is 28.1 cm³/mol. The summed E-state index contributed by atoms with van der Waals surface area (Å²) in [6.07, 6.45) is 0. The van der Waals surface area contributed by atoms with E-state index in [1.807, 2.05) is 0 Å². The lowest BCUT2D eigenvalue weighted by atomic mass is 14.5. The van der Waals surface area contributed by atoms with Gasteiger partial charge in [0.15, 0.2) is 0 Å². The Morgan fingerprint density at radius 3 is 1.09 bits per heavy atom. The van der Waals surface area contributed by atoms with Gasteiger partial charge in [0.25, 0.3) is 0 Å². The molecule has 0 bridgehead atoms. The number of rotatable bonds is 4. The van der Waals surface area contributed by atoms with Crippen LogP contribution in [0.2, 0.25) is 0 Å². The summed E-state index contributed by atoms with van der Waals surface area (Å²) in [5.74, 6) is 0. The molecule has 0 aromatic heterocycles. The van der Waals surface area contributed by atoms with Gasteiger partial charge < -0.3 is 28.8 Å². The summed E-state index contributed by atoms with van der Waals surface area (Å²) in [5.41, 5.74) is 0. The molecular weight excluding hydrogens is 200 g/mol. The van der Waals surface area contributed by atoms with Gasteiger partial charge in [0, 0.05) is 0 Å². The van der Waals surface area contributed by atoms with Crippen molar-refractivity contribution in [3.63, 3.8) is 0 Å². The van der Waals surface area contributed by atoms with Crippen LogP contribution in [0, 0.1) is 0 Å². The van der Waals surface area contributed by atoms with Gasteiger partial charge in [0.05, 0.1) is 0 Å². The Bertz CT molecular complexity index is 91.7. The van der Waals surface area contributed by atoms with E-state index in [2.05, 4.69) is 14.2 Å². The first-order chi connectivity index (χ1) is 4.71.